The SMILES string of the molecule is CC(=O)OCC1=C(C(=O)O)N2C(=O)[C@@H](NC(=O)C(C)NOCc3ccccc3Cl)[C@H]2SC1. The van der Waals surface area contributed by atoms with Gasteiger partial charge in [-0.15, -0.1) is 11.8 Å². The largest absolute Gasteiger partial charge is 0.477 e. The zero-order chi connectivity index (χ0) is 23.4. The number of fused-ring (bicyclic) bond motifs is 1. The maximum absolute atomic E-state index is 12.6. The van der Waals surface area contributed by atoms with Gasteiger partial charge in [0.2, 0.25) is 5.91 Å². The molecule has 172 valence electrons. The Kier molecular flexibility index (Phi) is 7.77. The summed E-state index contributed by atoms with van der Waals surface area (Å²) in [6.45, 7) is 2.72. The normalized spacial score (nSPS) is 20.8. The summed E-state index contributed by atoms with van der Waals surface area (Å²) in [5, 5.41) is 12.2. The first-order chi connectivity index (χ1) is 15.2. The number of amides is 2. The summed E-state index contributed by atoms with van der Waals surface area (Å²) >= 11 is 7.34. The van der Waals surface area contributed by atoms with Gasteiger partial charge in [-0.3, -0.25) is 24.1 Å². The minimum atomic E-state index is -1.29. The van der Waals surface area contributed by atoms with Crippen LogP contribution in [-0.2, 0) is 35.4 Å². The summed E-state index contributed by atoms with van der Waals surface area (Å²) in [5.74, 6) is -2.61. The molecule has 2 aliphatic rings. The summed E-state index contributed by atoms with van der Waals surface area (Å²) in [4.78, 5) is 54.3. The van der Waals surface area contributed by atoms with Gasteiger partial charge in [-0.05, 0) is 18.6 Å². The highest BCUT2D eigenvalue weighted by Gasteiger charge is 2.54. The number of thioether (sulfide) groups is 1. The van der Waals surface area contributed by atoms with Gasteiger partial charge in [0.25, 0.3) is 5.91 Å². The highest BCUT2D eigenvalue weighted by Crippen LogP contribution is 2.40. The van der Waals surface area contributed by atoms with E-state index < -0.39 is 41.2 Å². The number of carboxylic acids is 1. The lowest BCUT2D eigenvalue weighted by Crippen LogP contribution is -2.71. The molecule has 1 aromatic carbocycles. The smallest absolute Gasteiger partial charge is 0.352 e. The summed E-state index contributed by atoms with van der Waals surface area (Å²) in [7, 11) is 0. The number of rotatable bonds is 9. The number of nitrogens with one attached hydrogen (secondary N) is 2. The molecule has 3 N–H and O–H groups in total. The lowest BCUT2D eigenvalue weighted by atomic mass is 10.0. The van der Waals surface area contributed by atoms with Crippen molar-refractivity contribution >= 4 is 47.1 Å². The van der Waals surface area contributed by atoms with E-state index in [2.05, 4.69) is 10.8 Å². The van der Waals surface area contributed by atoms with Crippen LogP contribution >= 0.6 is 23.4 Å². The minimum Gasteiger partial charge on any atom is -0.477 e. The molecule has 12 heteroatoms. The number of esters is 1. The van der Waals surface area contributed by atoms with E-state index in [9.17, 15) is 24.3 Å². The average molecular weight is 484 g/mol. The van der Waals surface area contributed by atoms with Crippen LogP contribution in [-0.4, -0.2) is 63.6 Å². The van der Waals surface area contributed by atoms with Crippen LogP contribution in [0, 0.1) is 0 Å². The van der Waals surface area contributed by atoms with E-state index in [0.29, 0.717) is 10.6 Å². The number of carbonyl (C=O) groups is 4. The zero-order valence-corrected chi connectivity index (χ0v) is 18.9. The van der Waals surface area contributed by atoms with Crippen LogP contribution in [0.2, 0.25) is 5.02 Å². The first kappa shape index (κ1) is 24.1. The number of hydrogen-bond acceptors (Lipinski definition) is 8. The average Bonchev–Trinajstić information content (AvgIpc) is 2.75. The van der Waals surface area contributed by atoms with Gasteiger partial charge in [-0.25, -0.2) is 4.79 Å². The minimum absolute atomic E-state index is 0.143. The Bertz CT molecular complexity index is 970. The number of benzene rings is 1. The zero-order valence-electron chi connectivity index (χ0n) is 17.3. The lowest BCUT2D eigenvalue weighted by Gasteiger charge is -2.49. The van der Waals surface area contributed by atoms with E-state index >= 15 is 0 Å². The van der Waals surface area contributed by atoms with Crippen LogP contribution in [0.1, 0.15) is 19.4 Å². The first-order valence-corrected chi connectivity index (χ1v) is 11.1. The predicted molar refractivity (Wildman–Crippen MR) is 115 cm³/mol. The summed E-state index contributed by atoms with van der Waals surface area (Å²) in [6.07, 6.45) is 0. The highest BCUT2D eigenvalue weighted by atomic mass is 35.5. The van der Waals surface area contributed by atoms with Gasteiger partial charge in [-0.1, -0.05) is 29.8 Å². The molecule has 3 rings (SSSR count). The summed E-state index contributed by atoms with van der Waals surface area (Å²) < 4.78 is 4.89. The highest BCUT2D eigenvalue weighted by molar-refractivity contribution is 8.00. The Morgan fingerprint density at radius 3 is 2.69 bits per heavy atom. The lowest BCUT2D eigenvalue weighted by molar-refractivity contribution is -0.151. The van der Waals surface area contributed by atoms with Gasteiger partial charge < -0.3 is 15.2 Å². The van der Waals surface area contributed by atoms with Crippen LogP contribution in [0.15, 0.2) is 35.5 Å². The Morgan fingerprint density at radius 1 is 1.31 bits per heavy atom. The molecule has 0 bridgehead atoms. The van der Waals surface area contributed by atoms with Crippen molar-refractivity contribution in [1.82, 2.24) is 15.7 Å². The van der Waals surface area contributed by atoms with Crippen molar-refractivity contribution in [3.8, 4) is 0 Å². The number of carbonyl (C=O) groups excluding carboxylic acids is 3. The van der Waals surface area contributed by atoms with Gasteiger partial charge in [0.1, 0.15) is 29.8 Å². The fourth-order valence-corrected chi connectivity index (χ4v) is 4.69. The monoisotopic (exact) mass is 483 g/mol. The second-order valence-electron chi connectivity index (χ2n) is 7.15. The van der Waals surface area contributed by atoms with Crippen molar-refractivity contribution in [2.45, 2.75) is 37.9 Å². The van der Waals surface area contributed by atoms with E-state index in [0.717, 1.165) is 10.5 Å². The third-order valence-electron chi connectivity index (χ3n) is 4.84. The van der Waals surface area contributed by atoms with Crippen LogP contribution in [0.25, 0.3) is 0 Å². The number of aliphatic carboxylic acids is 1. The number of halogens is 1. The van der Waals surface area contributed by atoms with Crippen LogP contribution in [0.3, 0.4) is 0 Å². The van der Waals surface area contributed by atoms with Gasteiger partial charge in [-0.2, -0.15) is 5.48 Å². The molecule has 1 saturated heterocycles. The quantitative estimate of drug-likeness (QED) is 0.267. The number of β-lactam (4-membered cyclic amide) rings is 1. The molecule has 0 spiro atoms. The second kappa shape index (κ2) is 10.3. The third kappa shape index (κ3) is 5.23. The molecule has 0 aliphatic carbocycles. The Labute approximate surface area is 193 Å². The molecule has 2 amide bonds. The number of hydroxylamine groups is 1. The maximum atomic E-state index is 12.6. The third-order valence-corrected chi connectivity index (χ3v) is 6.54. The molecule has 10 nitrogen and oxygen atoms in total. The molecule has 32 heavy (non-hydrogen) atoms. The van der Waals surface area contributed by atoms with Crippen molar-refractivity contribution < 1.29 is 33.9 Å². The molecule has 2 heterocycles. The maximum Gasteiger partial charge on any atom is 0.352 e. The fraction of sp³-hybridized carbons (Fsp3) is 0.400. The topological polar surface area (TPSA) is 134 Å². The fourth-order valence-electron chi connectivity index (χ4n) is 3.17. The van der Waals surface area contributed by atoms with E-state index in [4.69, 9.17) is 21.2 Å². The molecule has 0 radical (unpaired) electrons. The first-order valence-electron chi connectivity index (χ1n) is 9.65. The summed E-state index contributed by atoms with van der Waals surface area (Å²) in [6, 6.07) is 5.48. The Morgan fingerprint density at radius 2 is 2.03 bits per heavy atom. The summed E-state index contributed by atoms with van der Waals surface area (Å²) in [5.41, 5.74) is 3.47. The van der Waals surface area contributed by atoms with Crippen molar-refractivity contribution in [3.05, 3.63) is 46.1 Å². The predicted octanol–water partition coefficient (Wildman–Crippen LogP) is 1.05. The van der Waals surface area contributed by atoms with E-state index in [1.54, 1.807) is 25.1 Å². The van der Waals surface area contributed by atoms with Gasteiger partial charge in [0, 0.05) is 23.3 Å². The number of nitrogens with zero attached hydrogens (tertiary/aromatic N) is 1. The second-order valence-corrected chi connectivity index (χ2v) is 8.67. The molecule has 1 fully saturated rings. The molecule has 0 aromatic heterocycles. The van der Waals surface area contributed by atoms with Gasteiger partial charge in [0.15, 0.2) is 0 Å². The van der Waals surface area contributed by atoms with E-state index in [-0.39, 0.29) is 24.7 Å². The van der Waals surface area contributed by atoms with Crippen molar-refractivity contribution in [3.63, 3.8) is 0 Å². The molecular weight excluding hydrogens is 462 g/mol. The van der Waals surface area contributed by atoms with Gasteiger partial charge in [0.05, 0.1) is 6.61 Å². The van der Waals surface area contributed by atoms with Crippen molar-refractivity contribution in [2.24, 2.45) is 0 Å². The molecule has 1 unspecified atom stereocenters. The molecular formula is C20H22ClN3O7S. The van der Waals surface area contributed by atoms with Crippen LogP contribution < -0.4 is 10.8 Å². The van der Waals surface area contributed by atoms with Crippen molar-refractivity contribution in [1.29, 1.82) is 0 Å². The molecule has 3 atom stereocenters. The van der Waals surface area contributed by atoms with Gasteiger partial charge >= 0.3 is 11.9 Å². The number of carboxylic acid groups (broad SMARTS) is 1. The van der Waals surface area contributed by atoms with E-state index in [1.165, 1.54) is 18.7 Å². The molecule has 1 aromatic rings. The molecule has 0 saturated carbocycles. The number of ether oxygens (including phenoxy) is 1. The van der Waals surface area contributed by atoms with Crippen LogP contribution in [0.5, 0.6) is 0 Å². The Balaban J connectivity index is 1.56. The van der Waals surface area contributed by atoms with Crippen molar-refractivity contribution in [2.75, 3.05) is 12.4 Å². The molecule has 2 aliphatic heterocycles. The van der Waals surface area contributed by atoms with E-state index in [1.807, 2.05) is 6.07 Å². The Hall–Kier alpha value is -2.60. The number of hydrogen-bond donors (Lipinski definition) is 3. The van der Waals surface area contributed by atoms with Crippen LogP contribution in [0.4, 0.5) is 0 Å². The standard InChI is InChI=1S/C20H22ClN3O7S/c1-10(23-31-8-12-5-3-4-6-14(12)21)17(26)22-15-18(27)24-16(20(28)29)13(7-30-11(2)25)9-32-19(15)24/h3-6,10,15,19,23H,7-9H2,1-2H3,(H,22,26)(H,28,29)/t10?,15-,19-/m1/s1.